The van der Waals surface area contributed by atoms with Gasteiger partial charge in [0, 0.05) is 0 Å². The summed E-state index contributed by atoms with van der Waals surface area (Å²) in [5.74, 6) is -1.22. The fourth-order valence-electron chi connectivity index (χ4n) is 3.69. The number of carboxylic acid groups (broad SMARTS) is 1. The number of carbonyl (C=O) groups excluding carboxylic acids is 1. The summed E-state index contributed by atoms with van der Waals surface area (Å²) >= 11 is 0. The van der Waals surface area contributed by atoms with E-state index >= 15 is 0 Å². The number of carbonyl (C=O) groups is 2. The van der Waals surface area contributed by atoms with Gasteiger partial charge < -0.3 is 9.84 Å². The number of ether oxygens (including phenoxy) is 1. The summed E-state index contributed by atoms with van der Waals surface area (Å²) in [6.07, 6.45) is 5.73. The van der Waals surface area contributed by atoms with Crippen LogP contribution in [0.1, 0.15) is 65.7 Å². The molecule has 22 heavy (non-hydrogen) atoms. The summed E-state index contributed by atoms with van der Waals surface area (Å²) in [4.78, 5) is 26.4. The van der Waals surface area contributed by atoms with Gasteiger partial charge in [-0.1, -0.05) is 6.42 Å². The summed E-state index contributed by atoms with van der Waals surface area (Å²) in [6.45, 7) is 7.49. The Bertz CT molecular complexity index is 413. The molecular formula is C17H29NO4. The Hall–Kier alpha value is -1.10. The van der Waals surface area contributed by atoms with Crippen molar-refractivity contribution in [2.24, 2.45) is 5.92 Å². The summed E-state index contributed by atoms with van der Waals surface area (Å²) in [7, 11) is 0. The Labute approximate surface area is 133 Å². The maximum Gasteiger partial charge on any atom is 0.327 e. The molecule has 2 fully saturated rings. The second-order valence-electron chi connectivity index (χ2n) is 7.69. The number of nitrogens with zero attached hydrogens (tertiary/aromatic N) is 1. The molecule has 0 aromatic carbocycles. The lowest BCUT2D eigenvalue weighted by Gasteiger charge is -2.47. The smallest absolute Gasteiger partial charge is 0.327 e. The molecule has 1 saturated carbocycles. The van der Waals surface area contributed by atoms with Crippen LogP contribution >= 0.6 is 0 Å². The Morgan fingerprint density at radius 2 is 1.64 bits per heavy atom. The van der Waals surface area contributed by atoms with Crippen LogP contribution in [-0.4, -0.2) is 46.2 Å². The van der Waals surface area contributed by atoms with E-state index in [1.807, 2.05) is 20.8 Å². The van der Waals surface area contributed by atoms with Gasteiger partial charge in [-0.2, -0.15) is 0 Å². The molecule has 0 spiro atoms. The number of carboxylic acids is 1. The molecule has 0 aromatic heterocycles. The minimum Gasteiger partial charge on any atom is -0.481 e. The molecule has 126 valence electrons. The lowest BCUT2D eigenvalue weighted by Crippen LogP contribution is -2.59. The number of hydrogen-bond acceptors (Lipinski definition) is 4. The van der Waals surface area contributed by atoms with Crippen LogP contribution < -0.4 is 0 Å². The third kappa shape index (κ3) is 3.80. The molecule has 1 N–H and O–H groups in total. The van der Waals surface area contributed by atoms with Crippen LogP contribution in [0.5, 0.6) is 0 Å². The summed E-state index contributed by atoms with van der Waals surface area (Å²) < 4.78 is 5.70. The molecule has 0 bridgehead atoms. The fourth-order valence-corrected chi connectivity index (χ4v) is 3.69. The number of aliphatic carboxylic acids is 1. The average Bonchev–Trinajstić information content (AvgIpc) is 2.46. The zero-order valence-electron chi connectivity index (χ0n) is 14.1. The monoisotopic (exact) mass is 311 g/mol. The Kier molecular flexibility index (Phi) is 5.15. The van der Waals surface area contributed by atoms with E-state index in [1.54, 1.807) is 0 Å². The van der Waals surface area contributed by atoms with E-state index in [9.17, 15) is 14.7 Å². The molecule has 1 heterocycles. The first-order valence-corrected chi connectivity index (χ1v) is 8.46. The molecule has 0 aromatic rings. The number of likely N-dealkylation sites (tertiary alicyclic amines) is 1. The molecule has 0 atom stereocenters. The van der Waals surface area contributed by atoms with Crippen molar-refractivity contribution in [2.75, 3.05) is 13.1 Å². The lowest BCUT2D eigenvalue weighted by atomic mass is 9.74. The van der Waals surface area contributed by atoms with Crippen LogP contribution in [-0.2, 0) is 14.3 Å². The van der Waals surface area contributed by atoms with E-state index < -0.39 is 17.1 Å². The van der Waals surface area contributed by atoms with Gasteiger partial charge in [0.2, 0.25) is 0 Å². The van der Waals surface area contributed by atoms with Crippen LogP contribution in [0.4, 0.5) is 0 Å². The molecule has 0 amide bonds. The first-order valence-electron chi connectivity index (χ1n) is 8.46. The van der Waals surface area contributed by atoms with Crippen LogP contribution in [0.2, 0.25) is 0 Å². The van der Waals surface area contributed by atoms with Crippen LogP contribution in [0, 0.1) is 5.92 Å². The van der Waals surface area contributed by atoms with E-state index in [4.69, 9.17) is 4.74 Å². The number of esters is 1. The standard InChI is InChI=1S/C17H29NO4/c1-16(2,3)22-15(21)17(18-11-5-4-6-12-18)9-7-13(8-10-17)14(19)20/h13H,4-12H2,1-3H3,(H,19,20). The van der Waals surface area contributed by atoms with Crippen molar-refractivity contribution < 1.29 is 19.4 Å². The highest BCUT2D eigenvalue weighted by atomic mass is 16.6. The van der Waals surface area contributed by atoms with Crippen LogP contribution in [0.15, 0.2) is 0 Å². The predicted molar refractivity (Wildman–Crippen MR) is 83.6 cm³/mol. The molecule has 2 rings (SSSR count). The van der Waals surface area contributed by atoms with Gasteiger partial charge in [0.15, 0.2) is 0 Å². The van der Waals surface area contributed by atoms with Crippen molar-refractivity contribution in [3.05, 3.63) is 0 Å². The number of hydrogen-bond donors (Lipinski definition) is 1. The molecule has 5 nitrogen and oxygen atoms in total. The topological polar surface area (TPSA) is 66.8 Å². The molecule has 0 radical (unpaired) electrons. The second kappa shape index (κ2) is 6.57. The van der Waals surface area contributed by atoms with Gasteiger partial charge in [0.1, 0.15) is 11.1 Å². The summed E-state index contributed by atoms with van der Waals surface area (Å²) in [5, 5.41) is 9.21. The minimum atomic E-state index is -0.739. The zero-order valence-corrected chi connectivity index (χ0v) is 14.1. The maximum absolute atomic E-state index is 12.9. The first-order chi connectivity index (χ1) is 10.2. The molecule has 1 aliphatic carbocycles. The van der Waals surface area contributed by atoms with Crippen molar-refractivity contribution in [1.29, 1.82) is 0 Å². The highest BCUT2D eigenvalue weighted by Gasteiger charge is 2.49. The molecule has 5 heteroatoms. The maximum atomic E-state index is 12.9. The minimum absolute atomic E-state index is 0.161. The van der Waals surface area contributed by atoms with Gasteiger partial charge in [-0.15, -0.1) is 0 Å². The summed E-state index contributed by atoms with van der Waals surface area (Å²) in [5.41, 5.74) is -1.12. The Morgan fingerprint density at radius 3 is 2.09 bits per heavy atom. The third-order valence-electron chi connectivity index (χ3n) is 4.90. The molecular weight excluding hydrogens is 282 g/mol. The predicted octanol–water partition coefficient (Wildman–Crippen LogP) is 2.83. The number of piperidine rings is 1. The van der Waals surface area contributed by atoms with E-state index in [-0.39, 0.29) is 11.9 Å². The van der Waals surface area contributed by atoms with E-state index in [2.05, 4.69) is 4.90 Å². The van der Waals surface area contributed by atoms with Gasteiger partial charge >= 0.3 is 11.9 Å². The quantitative estimate of drug-likeness (QED) is 0.812. The second-order valence-corrected chi connectivity index (χ2v) is 7.69. The van der Waals surface area contributed by atoms with Crippen LogP contribution in [0.3, 0.4) is 0 Å². The van der Waals surface area contributed by atoms with Crippen LogP contribution in [0.25, 0.3) is 0 Å². The molecule has 0 unspecified atom stereocenters. The van der Waals surface area contributed by atoms with Gasteiger partial charge in [0.05, 0.1) is 5.92 Å². The SMILES string of the molecule is CC(C)(C)OC(=O)C1(N2CCCCC2)CCC(C(=O)O)CC1. The Balaban J connectivity index is 2.18. The van der Waals surface area contributed by atoms with Gasteiger partial charge in [-0.25, -0.2) is 0 Å². The summed E-state index contributed by atoms with van der Waals surface area (Å²) in [6, 6.07) is 0. The molecule has 1 saturated heterocycles. The van der Waals surface area contributed by atoms with Gasteiger partial charge in [-0.3, -0.25) is 14.5 Å². The normalized spacial score (nSPS) is 30.8. The zero-order chi connectivity index (χ0) is 16.4. The van der Waals surface area contributed by atoms with Crippen molar-refractivity contribution >= 4 is 11.9 Å². The van der Waals surface area contributed by atoms with E-state index in [0.717, 1.165) is 25.9 Å². The first kappa shape index (κ1) is 17.3. The average molecular weight is 311 g/mol. The van der Waals surface area contributed by atoms with Crippen molar-refractivity contribution in [2.45, 2.75) is 76.9 Å². The van der Waals surface area contributed by atoms with Crippen molar-refractivity contribution in [3.63, 3.8) is 0 Å². The number of rotatable bonds is 3. The third-order valence-corrected chi connectivity index (χ3v) is 4.90. The Morgan fingerprint density at radius 1 is 1.09 bits per heavy atom. The van der Waals surface area contributed by atoms with E-state index in [1.165, 1.54) is 6.42 Å². The van der Waals surface area contributed by atoms with Crippen molar-refractivity contribution in [3.8, 4) is 0 Å². The lowest BCUT2D eigenvalue weighted by molar-refractivity contribution is -0.176. The highest BCUT2D eigenvalue weighted by molar-refractivity contribution is 5.82. The fraction of sp³-hybridized carbons (Fsp3) is 0.882. The molecule has 1 aliphatic heterocycles. The van der Waals surface area contributed by atoms with Gasteiger partial charge in [-0.05, 0) is 72.4 Å². The van der Waals surface area contributed by atoms with Gasteiger partial charge in [0.25, 0.3) is 0 Å². The largest absolute Gasteiger partial charge is 0.481 e. The highest BCUT2D eigenvalue weighted by Crippen LogP contribution is 2.40. The van der Waals surface area contributed by atoms with Crippen molar-refractivity contribution in [1.82, 2.24) is 4.90 Å². The van der Waals surface area contributed by atoms with E-state index in [0.29, 0.717) is 25.7 Å². The molecule has 2 aliphatic rings.